The third-order valence-corrected chi connectivity index (χ3v) is 2.61. The zero-order chi connectivity index (χ0) is 13.2. The SMILES string of the molecule is CCCCCCC(=O)NNC(=O)c1ccccc1. The highest BCUT2D eigenvalue weighted by Gasteiger charge is 2.05. The average molecular weight is 248 g/mol. The van der Waals surface area contributed by atoms with Gasteiger partial charge in [-0.25, -0.2) is 0 Å². The zero-order valence-electron chi connectivity index (χ0n) is 10.7. The standard InChI is InChI=1S/C14H20N2O2/c1-2-3-4-8-11-13(17)15-16-14(18)12-9-6-5-7-10-12/h5-7,9-10H,2-4,8,11H2,1H3,(H,15,17)(H,16,18). The van der Waals surface area contributed by atoms with Gasteiger partial charge < -0.3 is 0 Å². The van der Waals surface area contributed by atoms with Crippen LogP contribution in [0.25, 0.3) is 0 Å². The molecule has 0 saturated heterocycles. The topological polar surface area (TPSA) is 58.2 Å². The van der Waals surface area contributed by atoms with Crippen LogP contribution in [0.5, 0.6) is 0 Å². The molecule has 18 heavy (non-hydrogen) atoms. The number of unbranched alkanes of at least 4 members (excludes halogenated alkanes) is 3. The Balaban J connectivity index is 2.20. The number of hydrazine groups is 1. The number of carbonyl (C=O) groups excluding carboxylic acids is 2. The van der Waals surface area contributed by atoms with Crippen molar-refractivity contribution < 1.29 is 9.59 Å². The highest BCUT2D eigenvalue weighted by Crippen LogP contribution is 2.02. The van der Waals surface area contributed by atoms with Crippen molar-refractivity contribution in [1.29, 1.82) is 0 Å². The molecule has 0 saturated carbocycles. The largest absolute Gasteiger partial charge is 0.273 e. The molecule has 2 amide bonds. The van der Waals surface area contributed by atoms with Crippen molar-refractivity contribution in [2.24, 2.45) is 0 Å². The van der Waals surface area contributed by atoms with Gasteiger partial charge in [0.1, 0.15) is 0 Å². The van der Waals surface area contributed by atoms with E-state index in [1.165, 1.54) is 0 Å². The fourth-order valence-corrected chi connectivity index (χ4v) is 1.56. The van der Waals surface area contributed by atoms with E-state index in [2.05, 4.69) is 17.8 Å². The molecule has 0 bridgehead atoms. The summed E-state index contributed by atoms with van der Waals surface area (Å²) in [5.74, 6) is -0.437. The van der Waals surface area contributed by atoms with Gasteiger partial charge in [-0.15, -0.1) is 0 Å². The highest BCUT2D eigenvalue weighted by atomic mass is 16.2. The summed E-state index contributed by atoms with van der Waals surface area (Å²) in [5, 5.41) is 0. The van der Waals surface area contributed by atoms with E-state index in [0.29, 0.717) is 12.0 Å². The van der Waals surface area contributed by atoms with Crippen molar-refractivity contribution in [3.63, 3.8) is 0 Å². The second-order valence-electron chi connectivity index (χ2n) is 4.18. The van der Waals surface area contributed by atoms with E-state index >= 15 is 0 Å². The number of amides is 2. The molecule has 1 aromatic carbocycles. The number of carbonyl (C=O) groups is 2. The minimum atomic E-state index is -0.294. The van der Waals surface area contributed by atoms with E-state index in [1.54, 1.807) is 24.3 Å². The summed E-state index contributed by atoms with van der Waals surface area (Å²) < 4.78 is 0. The van der Waals surface area contributed by atoms with Gasteiger partial charge in [0.25, 0.3) is 5.91 Å². The van der Waals surface area contributed by atoms with E-state index in [9.17, 15) is 9.59 Å². The van der Waals surface area contributed by atoms with Crippen LogP contribution < -0.4 is 10.9 Å². The summed E-state index contributed by atoms with van der Waals surface area (Å²) in [4.78, 5) is 23.0. The summed E-state index contributed by atoms with van der Waals surface area (Å²) >= 11 is 0. The van der Waals surface area contributed by atoms with Crippen LogP contribution >= 0.6 is 0 Å². The van der Waals surface area contributed by atoms with E-state index in [0.717, 1.165) is 25.7 Å². The maximum absolute atomic E-state index is 11.6. The molecule has 4 heteroatoms. The van der Waals surface area contributed by atoms with Crippen LogP contribution in [0.1, 0.15) is 49.4 Å². The molecule has 0 aliphatic heterocycles. The van der Waals surface area contributed by atoms with Crippen molar-refractivity contribution in [2.75, 3.05) is 0 Å². The second-order valence-corrected chi connectivity index (χ2v) is 4.18. The first-order valence-electron chi connectivity index (χ1n) is 6.38. The lowest BCUT2D eigenvalue weighted by molar-refractivity contribution is -0.121. The lowest BCUT2D eigenvalue weighted by Gasteiger charge is -2.07. The smallest absolute Gasteiger partial charge is 0.269 e. The molecule has 2 N–H and O–H groups in total. The van der Waals surface area contributed by atoms with Gasteiger partial charge in [0.05, 0.1) is 0 Å². The van der Waals surface area contributed by atoms with Gasteiger partial charge in [0.15, 0.2) is 0 Å². The molecule has 98 valence electrons. The predicted molar refractivity (Wildman–Crippen MR) is 70.8 cm³/mol. The van der Waals surface area contributed by atoms with Crippen LogP contribution in [-0.2, 0) is 4.79 Å². The maximum atomic E-state index is 11.6. The minimum Gasteiger partial charge on any atom is -0.273 e. The van der Waals surface area contributed by atoms with Gasteiger partial charge in [-0.1, -0.05) is 44.4 Å². The van der Waals surface area contributed by atoms with Crippen molar-refractivity contribution in [1.82, 2.24) is 10.9 Å². The quantitative estimate of drug-likeness (QED) is 0.600. The zero-order valence-corrected chi connectivity index (χ0v) is 10.7. The molecular weight excluding hydrogens is 228 g/mol. The first-order chi connectivity index (χ1) is 8.74. The van der Waals surface area contributed by atoms with E-state index in [4.69, 9.17) is 0 Å². The average Bonchev–Trinajstić information content (AvgIpc) is 2.42. The van der Waals surface area contributed by atoms with Gasteiger partial charge in [0.2, 0.25) is 5.91 Å². The molecule has 0 fully saturated rings. The molecule has 0 atom stereocenters. The number of rotatable bonds is 6. The van der Waals surface area contributed by atoms with Crippen LogP contribution in [0.2, 0.25) is 0 Å². The molecule has 0 spiro atoms. The number of hydrogen-bond acceptors (Lipinski definition) is 2. The first kappa shape index (κ1) is 14.2. The molecule has 4 nitrogen and oxygen atoms in total. The normalized spacial score (nSPS) is 9.83. The Hall–Kier alpha value is -1.84. The van der Waals surface area contributed by atoms with Gasteiger partial charge in [-0.05, 0) is 18.6 Å². The first-order valence-corrected chi connectivity index (χ1v) is 6.38. The Bertz CT molecular complexity index is 377. The fourth-order valence-electron chi connectivity index (χ4n) is 1.56. The van der Waals surface area contributed by atoms with Crippen LogP contribution in [-0.4, -0.2) is 11.8 Å². The molecule has 1 rings (SSSR count). The number of benzene rings is 1. The Morgan fingerprint density at radius 3 is 2.39 bits per heavy atom. The Labute approximate surface area is 108 Å². The minimum absolute atomic E-state index is 0.143. The number of nitrogens with one attached hydrogen (secondary N) is 2. The predicted octanol–water partition coefficient (Wildman–Crippen LogP) is 2.42. The van der Waals surface area contributed by atoms with Crippen LogP contribution in [0.4, 0.5) is 0 Å². The molecule has 0 heterocycles. The van der Waals surface area contributed by atoms with E-state index in [-0.39, 0.29) is 11.8 Å². The van der Waals surface area contributed by atoms with Crippen LogP contribution in [0.15, 0.2) is 30.3 Å². The summed E-state index contributed by atoms with van der Waals surface area (Å²) in [6, 6.07) is 8.79. The molecular formula is C14H20N2O2. The van der Waals surface area contributed by atoms with Gasteiger partial charge >= 0.3 is 0 Å². The summed E-state index contributed by atoms with van der Waals surface area (Å²) in [6.45, 7) is 2.13. The van der Waals surface area contributed by atoms with Crippen molar-refractivity contribution in [2.45, 2.75) is 39.0 Å². The van der Waals surface area contributed by atoms with Gasteiger partial charge in [-0.2, -0.15) is 0 Å². The molecule has 0 unspecified atom stereocenters. The number of hydrogen-bond donors (Lipinski definition) is 2. The Morgan fingerprint density at radius 1 is 1.00 bits per heavy atom. The van der Waals surface area contributed by atoms with Crippen LogP contribution in [0.3, 0.4) is 0 Å². The van der Waals surface area contributed by atoms with E-state index < -0.39 is 0 Å². The molecule has 1 aromatic rings. The van der Waals surface area contributed by atoms with Crippen molar-refractivity contribution in [3.8, 4) is 0 Å². The lowest BCUT2D eigenvalue weighted by atomic mass is 10.1. The summed E-state index contributed by atoms with van der Waals surface area (Å²) in [5.41, 5.74) is 5.35. The third-order valence-electron chi connectivity index (χ3n) is 2.61. The molecule has 0 aromatic heterocycles. The molecule has 0 radical (unpaired) electrons. The second kappa shape index (κ2) is 8.28. The summed E-state index contributed by atoms with van der Waals surface area (Å²) in [7, 11) is 0. The van der Waals surface area contributed by atoms with Crippen LogP contribution in [0, 0.1) is 0 Å². The Morgan fingerprint density at radius 2 is 1.72 bits per heavy atom. The van der Waals surface area contributed by atoms with Gasteiger partial charge in [0, 0.05) is 12.0 Å². The monoisotopic (exact) mass is 248 g/mol. The Kier molecular flexibility index (Phi) is 6.54. The van der Waals surface area contributed by atoms with Crippen molar-refractivity contribution in [3.05, 3.63) is 35.9 Å². The highest BCUT2D eigenvalue weighted by molar-refractivity contribution is 5.95. The summed E-state index contributed by atoms with van der Waals surface area (Å²) in [6.07, 6.45) is 4.66. The maximum Gasteiger partial charge on any atom is 0.269 e. The van der Waals surface area contributed by atoms with Gasteiger partial charge in [-0.3, -0.25) is 20.4 Å². The fraction of sp³-hybridized carbons (Fsp3) is 0.429. The lowest BCUT2D eigenvalue weighted by Crippen LogP contribution is -2.41. The van der Waals surface area contributed by atoms with E-state index in [1.807, 2.05) is 6.07 Å². The molecule has 0 aliphatic rings. The molecule has 0 aliphatic carbocycles. The van der Waals surface area contributed by atoms with Crippen molar-refractivity contribution >= 4 is 11.8 Å². The third kappa shape index (κ3) is 5.48.